The fourth-order valence-electron chi connectivity index (χ4n) is 0.816. The molecule has 0 aliphatic rings. The molecule has 0 saturated heterocycles. The molecule has 1 heterocycles. The number of nitrogens with one attached hydrogen (secondary N) is 2. The van der Waals surface area contributed by atoms with E-state index in [0.717, 1.165) is 4.47 Å². The lowest BCUT2D eigenvalue weighted by atomic mass is 10.4. The van der Waals surface area contributed by atoms with Crippen LogP contribution in [0.1, 0.15) is 6.42 Å². The molecule has 0 bridgehead atoms. The minimum absolute atomic E-state index is 0.00499. The molecule has 1 rings (SSSR count). The Kier molecular flexibility index (Phi) is 4.31. The normalized spacial score (nSPS) is 9.57. The van der Waals surface area contributed by atoms with Gasteiger partial charge < -0.3 is 10.6 Å². The zero-order valence-corrected chi connectivity index (χ0v) is 9.34. The van der Waals surface area contributed by atoms with Crippen molar-refractivity contribution in [2.75, 3.05) is 18.9 Å². The van der Waals surface area contributed by atoms with E-state index in [4.69, 9.17) is 0 Å². The van der Waals surface area contributed by atoms with E-state index in [9.17, 15) is 4.79 Å². The summed E-state index contributed by atoms with van der Waals surface area (Å²) in [5.74, 6) is 0.520. The summed E-state index contributed by atoms with van der Waals surface area (Å²) in [6.45, 7) is 0.529. The van der Waals surface area contributed by atoms with Crippen molar-refractivity contribution in [3.8, 4) is 0 Å². The van der Waals surface area contributed by atoms with Gasteiger partial charge in [-0.25, -0.2) is 9.97 Å². The van der Waals surface area contributed by atoms with Crippen LogP contribution in [0.4, 0.5) is 5.95 Å². The maximum atomic E-state index is 10.9. The predicted molar refractivity (Wildman–Crippen MR) is 56.9 cm³/mol. The van der Waals surface area contributed by atoms with E-state index in [1.165, 1.54) is 0 Å². The second kappa shape index (κ2) is 5.54. The van der Waals surface area contributed by atoms with E-state index in [-0.39, 0.29) is 5.91 Å². The lowest BCUT2D eigenvalue weighted by Gasteiger charge is -2.03. The van der Waals surface area contributed by atoms with Gasteiger partial charge >= 0.3 is 0 Å². The van der Waals surface area contributed by atoms with Gasteiger partial charge in [0, 0.05) is 32.4 Å². The number of carbonyl (C=O) groups is 1. The number of hydrogen-bond acceptors (Lipinski definition) is 4. The number of rotatable bonds is 4. The van der Waals surface area contributed by atoms with Crippen LogP contribution in [0, 0.1) is 0 Å². The quantitative estimate of drug-likeness (QED) is 0.838. The molecule has 0 aliphatic carbocycles. The van der Waals surface area contributed by atoms with E-state index in [2.05, 4.69) is 36.5 Å². The van der Waals surface area contributed by atoms with Crippen molar-refractivity contribution in [2.24, 2.45) is 0 Å². The topological polar surface area (TPSA) is 66.9 Å². The lowest BCUT2D eigenvalue weighted by molar-refractivity contribution is -0.120. The zero-order valence-electron chi connectivity index (χ0n) is 7.75. The molecule has 14 heavy (non-hydrogen) atoms. The van der Waals surface area contributed by atoms with Gasteiger partial charge in [-0.2, -0.15) is 0 Å². The highest BCUT2D eigenvalue weighted by molar-refractivity contribution is 9.10. The van der Waals surface area contributed by atoms with Crippen LogP contribution in [0.3, 0.4) is 0 Å². The van der Waals surface area contributed by atoms with Crippen LogP contribution in [-0.2, 0) is 4.79 Å². The molecule has 5 nitrogen and oxygen atoms in total. The number of halogens is 1. The molecule has 0 aromatic carbocycles. The van der Waals surface area contributed by atoms with Crippen molar-refractivity contribution in [3.05, 3.63) is 16.9 Å². The molecule has 76 valence electrons. The van der Waals surface area contributed by atoms with Crippen LogP contribution in [0.15, 0.2) is 16.9 Å². The molecule has 0 spiro atoms. The SMILES string of the molecule is CNC(=O)CCNc1ncc(Br)cn1. The fourth-order valence-corrected chi connectivity index (χ4v) is 1.02. The summed E-state index contributed by atoms with van der Waals surface area (Å²) in [6, 6.07) is 0. The Morgan fingerprint density at radius 2 is 2.14 bits per heavy atom. The van der Waals surface area contributed by atoms with Gasteiger partial charge in [-0.1, -0.05) is 0 Å². The van der Waals surface area contributed by atoms with E-state index in [1.54, 1.807) is 19.4 Å². The zero-order chi connectivity index (χ0) is 10.4. The third kappa shape index (κ3) is 3.69. The Labute approximate surface area is 90.5 Å². The highest BCUT2D eigenvalue weighted by Gasteiger charge is 1.98. The van der Waals surface area contributed by atoms with Crippen molar-refractivity contribution in [1.29, 1.82) is 0 Å². The molecule has 0 atom stereocenters. The van der Waals surface area contributed by atoms with Crippen LogP contribution in [0.25, 0.3) is 0 Å². The van der Waals surface area contributed by atoms with E-state index in [0.29, 0.717) is 18.9 Å². The number of carbonyl (C=O) groups excluding carboxylic acids is 1. The monoisotopic (exact) mass is 258 g/mol. The summed E-state index contributed by atoms with van der Waals surface area (Å²) in [4.78, 5) is 18.9. The lowest BCUT2D eigenvalue weighted by Crippen LogP contribution is -2.21. The molecule has 0 unspecified atom stereocenters. The van der Waals surface area contributed by atoms with Crippen LogP contribution in [-0.4, -0.2) is 29.5 Å². The van der Waals surface area contributed by atoms with Crippen LogP contribution >= 0.6 is 15.9 Å². The number of hydrogen-bond donors (Lipinski definition) is 2. The van der Waals surface area contributed by atoms with Crippen molar-refractivity contribution in [3.63, 3.8) is 0 Å². The fraction of sp³-hybridized carbons (Fsp3) is 0.375. The molecule has 0 radical (unpaired) electrons. The second-order valence-corrected chi connectivity index (χ2v) is 3.49. The molecule has 0 fully saturated rings. The van der Waals surface area contributed by atoms with Gasteiger partial charge in [0.2, 0.25) is 11.9 Å². The van der Waals surface area contributed by atoms with Crippen LogP contribution < -0.4 is 10.6 Å². The first-order chi connectivity index (χ1) is 6.72. The van der Waals surface area contributed by atoms with Gasteiger partial charge in [0.1, 0.15) is 0 Å². The van der Waals surface area contributed by atoms with Gasteiger partial charge in [0.05, 0.1) is 4.47 Å². The summed E-state index contributed by atoms with van der Waals surface area (Å²) in [6.07, 6.45) is 3.71. The van der Waals surface area contributed by atoms with Gasteiger partial charge in [0.15, 0.2) is 0 Å². The first kappa shape index (κ1) is 10.9. The number of anilines is 1. The summed E-state index contributed by atoms with van der Waals surface area (Å²) in [5, 5.41) is 5.47. The van der Waals surface area contributed by atoms with Crippen LogP contribution in [0.5, 0.6) is 0 Å². The van der Waals surface area contributed by atoms with Crippen molar-refractivity contribution >= 4 is 27.8 Å². The standard InChI is InChI=1S/C8H11BrN4O/c1-10-7(14)2-3-11-8-12-4-6(9)5-13-8/h4-5H,2-3H2,1H3,(H,10,14)(H,11,12,13). The van der Waals surface area contributed by atoms with Crippen molar-refractivity contribution < 1.29 is 4.79 Å². The molecular weight excluding hydrogens is 248 g/mol. The van der Waals surface area contributed by atoms with Crippen molar-refractivity contribution in [1.82, 2.24) is 15.3 Å². The Balaban J connectivity index is 2.31. The predicted octanol–water partition coefficient (Wildman–Crippen LogP) is 0.787. The maximum Gasteiger partial charge on any atom is 0.222 e. The molecule has 1 amide bonds. The number of amides is 1. The number of aromatic nitrogens is 2. The smallest absolute Gasteiger partial charge is 0.222 e. The summed E-state index contributed by atoms with van der Waals surface area (Å²) >= 11 is 3.23. The van der Waals surface area contributed by atoms with Crippen LogP contribution in [0.2, 0.25) is 0 Å². The molecule has 0 saturated carbocycles. The van der Waals surface area contributed by atoms with E-state index < -0.39 is 0 Å². The second-order valence-electron chi connectivity index (χ2n) is 2.57. The minimum atomic E-state index is -0.00499. The third-order valence-electron chi connectivity index (χ3n) is 1.53. The Bertz CT molecular complexity index is 301. The van der Waals surface area contributed by atoms with Gasteiger partial charge in [-0.3, -0.25) is 4.79 Å². The highest BCUT2D eigenvalue weighted by Crippen LogP contribution is 2.06. The third-order valence-corrected chi connectivity index (χ3v) is 1.94. The highest BCUT2D eigenvalue weighted by atomic mass is 79.9. The molecule has 1 aromatic heterocycles. The Hall–Kier alpha value is -1.17. The Morgan fingerprint density at radius 3 is 2.71 bits per heavy atom. The van der Waals surface area contributed by atoms with Gasteiger partial charge in [-0.05, 0) is 15.9 Å². The Morgan fingerprint density at radius 1 is 1.50 bits per heavy atom. The largest absolute Gasteiger partial charge is 0.359 e. The minimum Gasteiger partial charge on any atom is -0.359 e. The molecule has 2 N–H and O–H groups in total. The van der Waals surface area contributed by atoms with Gasteiger partial charge in [-0.15, -0.1) is 0 Å². The summed E-state index contributed by atoms with van der Waals surface area (Å²) < 4.78 is 0.828. The maximum absolute atomic E-state index is 10.9. The molecule has 1 aromatic rings. The molecule has 6 heteroatoms. The first-order valence-electron chi connectivity index (χ1n) is 4.14. The number of nitrogens with zero attached hydrogens (tertiary/aromatic N) is 2. The van der Waals surface area contributed by atoms with Crippen molar-refractivity contribution in [2.45, 2.75) is 6.42 Å². The summed E-state index contributed by atoms with van der Waals surface area (Å²) in [7, 11) is 1.61. The summed E-state index contributed by atoms with van der Waals surface area (Å²) in [5.41, 5.74) is 0. The molecular formula is C8H11BrN4O. The average Bonchev–Trinajstić information content (AvgIpc) is 2.21. The van der Waals surface area contributed by atoms with E-state index >= 15 is 0 Å². The first-order valence-corrected chi connectivity index (χ1v) is 4.93. The molecule has 0 aliphatic heterocycles. The van der Waals surface area contributed by atoms with E-state index in [1.807, 2.05) is 0 Å². The van der Waals surface area contributed by atoms with Gasteiger partial charge in [0.25, 0.3) is 0 Å². The average molecular weight is 259 g/mol.